The first-order valence-electron chi connectivity index (χ1n) is 11.5. The smallest absolute Gasteiger partial charge is 0.137 e. The summed E-state index contributed by atoms with van der Waals surface area (Å²) >= 11 is 0. The highest BCUT2D eigenvalue weighted by Crippen LogP contribution is 2.67. The summed E-state index contributed by atoms with van der Waals surface area (Å²) in [7, 11) is 0. The van der Waals surface area contributed by atoms with Crippen molar-refractivity contribution in [1.29, 1.82) is 0 Å². The Labute approximate surface area is 174 Å². The summed E-state index contributed by atoms with van der Waals surface area (Å²) < 4.78 is 0. The lowest BCUT2D eigenvalue weighted by atomic mass is 9.43. The molecular weight excluding hydrogens is 364 g/mol. The van der Waals surface area contributed by atoms with Gasteiger partial charge in [0.05, 0.1) is 6.61 Å². The second kappa shape index (κ2) is 7.20. The van der Waals surface area contributed by atoms with Crippen molar-refractivity contribution in [3.05, 3.63) is 0 Å². The first kappa shape index (κ1) is 21.1. The van der Waals surface area contributed by atoms with Crippen molar-refractivity contribution in [2.45, 2.75) is 84.2 Å². The van der Waals surface area contributed by atoms with Gasteiger partial charge in [-0.15, -0.1) is 0 Å². The summed E-state index contributed by atoms with van der Waals surface area (Å²) in [6.45, 7) is 6.21. The van der Waals surface area contributed by atoms with E-state index in [1.165, 1.54) is 0 Å². The van der Waals surface area contributed by atoms with Gasteiger partial charge in [-0.05, 0) is 80.5 Å². The minimum absolute atomic E-state index is 0.0178. The van der Waals surface area contributed by atoms with Crippen LogP contribution in [-0.2, 0) is 9.59 Å². The Morgan fingerprint density at radius 2 is 1.90 bits per heavy atom. The molecule has 4 fully saturated rings. The quantitative estimate of drug-likeness (QED) is 0.696. The number of aliphatic hydroxyl groups excluding tert-OH is 1. The minimum atomic E-state index is -0.981. The zero-order valence-corrected chi connectivity index (χ0v) is 18.2. The molecule has 0 saturated heterocycles. The summed E-state index contributed by atoms with van der Waals surface area (Å²) in [5, 5.41) is 20.0. The van der Waals surface area contributed by atoms with Crippen molar-refractivity contribution in [2.24, 2.45) is 40.4 Å². The zero-order valence-electron chi connectivity index (χ0n) is 18.2. The maximum Gasteiger partial charge on any atom is 0.137 e. The van der Waals surface area contributed by atoms with Crippen LogP contribution in [0.1, 0.15) is 78.6 Å². The third-order valence-electron chi connectivity index (χ3n) is 9.46. The van der Waals surface area contributed by atoms with Gasteiger partial charge in [0.1, 0.15) is 17.2 Å². The number of fused-ring (bicyclic) bond motifs is 5. The number of rotatable bonds is 2. The van der Waals surface area contributed by atoms with Gasteiger partial charge in [-0.25, -0.2) is 0 Å². The fourth-order valence-corrected chi connectivity index (χ4v) is 8.12. The van der Waals surface area contributed by atoms with Crippen LogP contribution in [0, 0.1) is 52.3 Å². The Morgan fingerprint density at radius 1 is 1.14 bits per heavy atom. The average Bonchev–Trinajstić information content (AvgIpc) is 2.99. The van der Waals surface area contributed by atoms with E-state index in [-0.39, 0.29) is 35.1 Å². The number of aliphatic hydroxyl groups is 2. The molecule has 0 aromatic carbocycles. The molecule has 160 valence electrons. The molecule has 4 aliphatic rings. The van der Waals surface area contributed by atoms with Crippen LogP contribution in [0.25, 0.3) is 0 Å². The van der Waals surface area contributed by atoms with Crippen LogP contribution in [0.3, 0.4) is 0 Å². The van der Waals surface area contributed by atoms with Gasteiger partial charge in [0.2, 0.25) is 0 Å². The van der Waals surface area contributed by atoms with Crippen LogP contribution in [0.2, 0.25) is 0 Å². The van der Waals surface area contributed by atoms with Crippen molar-refractivity contribution in [2.75, 3.05) is 6.61 Å². The molecule has 0 spiro atoms. The van der Waals surface area contributed by atoms with Gasteiger partial charge in [-0.2, -0.15) is 0 Å². The van der Waals surface area contributed by atoms with Gasteiger partial charge in [0, 0.05) is 24.7 Å². The van der Waals surface area contributed by atoms with Crippen LogP contribution in [-0.4, -0.2) is 34.0 Å². The molecule has 0 aromatic heterocycles. The highest BCUT2D eigenvalue weighted by Gasteiger charge is 2.64. The molecule has 4 rings (SSSR count). The monoisotopic (exact) mass is 400 g/mol. The van der Waals surface area contributed by atoms with Gasteiger partial charge < -0.3 is 10.2 Å². The van der Waals surface area contributed by atoms with E-state index in [2.05, 4.69) is 25.7 Å². The maximum absolute atomic E-state index is 13.5. The third-order valence-corrected chi connectivity index (χ3v) is 9.46. The molecule has 1 unspecified atom stereocenters. The summed E-state index contributed by atoms with van der Waals surface area (Å²) in [6.07, 6.45) is 7.09. The van der Waals surface area contributed by atoms with Crippen molar-refractivity contribution >= 4 is 11.6 Å². The molecule has 4 saturated carbocycles. The topological polar surface area (TPSA) is 74.6 Å². The lowest BCUT2D eigenvalue weighted by Crippen LogP contribution is -2.59. The fraction of sp³-hybridized carbons (Fsp3) is 0.840. The molecule has 0 heterocycles. The first-order valence-corrected chi connectivity index (χ1v) is 11.5. The van der Waals surface area contributed by atoms with Crippen LogP contribution < -0.4 is 0 Å². The van der Waals surface area contributed by atoms with Crippen molar-refractivity contribution in [3.63, 3.8) is 0 Å². The Morgan fingerprint density at radius 3 is 2.59 bits per heavy atom. The molecule has 0 amide bonds. The van der Waals surface area contributed by atoms with E-state index in [1.807, 2.05) is 0 Å². The molecule has 0 radical (unpaired) electrons. The standard InChI is InChI=1S/C25H36O4/c1-16(27)19-8-9-20-18-7-6-17-14-25(29,10-4-5-13-26)12-11-23(17,2)22(18)21(28)15-24(19,20)3/h17-20,22,26,29H,5-9,11-15H2,1-3H3/t17?,18-,19+,20-,22+,23-,24+,25-/m0/s1. The zero-order chi connectivity index (χ0) is 21.0. The largest absolute Gasteiger partial charge is 0.395 e. The molecule has 0 aliphatic heterocycles. The van der Waals surface area contributed by atoms with Crippen molar-refractivity contribution in [3.8, 4) is 11.8 Å². The molecular formula is C25H36O4. The van der Waals surface area contributed by atoms with Gasteiger partial charge in [-0.3, -0.25) is 9.59 Å². The SMILES string of the molecule is CC(=O)[C@H]1CC[C@H]2[C@@H]3CCC4C[C@](O)(C#CCCO)CC[C@]4(C)[C@H]3C(=O)C[C@]12C. The summed E-state index contributed by atoms with van der Waals surface area (Å²) in [6, 6.07) is 0. The summed E-state index contributed by atoms with van der Waals surface area (Å²) in [5.41, 5.74) is -1.20. The predicted octanol–water partition coefficient (Wildman–Crippen LogP) is 3.53. The number of carbonyl (C=O) groups is 2. The Balaban J connectivity index is 1.60. The number of hydrogen-bond acceptors (Lipinski definition) is 4. The van der Waals surface area contributed by atoms with Gasteiger partial charge in [-0.1, -0.05) is 25.7 Å². The van der Waals surface area contributed by atoms with E-state index in [4.69, 9.17) is 5.11 Å². The van der Waals surface area contributed by atoms with Gasteiger partial charge in [0.15, 0.2) is 0 Å². The molecule has 0 aromatic rings. The minimum Gasteiger partial charge on any atom is -0.395 e. The Hall–Kier alpha value is -1.18. The maximum atomic E-state index is 13.5. The molecule has 2 N–H and O–H groups in total. The third kappa shape index (κ3) is 3.20. The van der Waals surface area contributed by atoms with E-state index in [0.29, 0.717) is 49.2 Å². The highest BCUT2D eigenvalue weighted by atomic mass is 16.3. The molecule has 29 heavy (non-hydrogen) atoms. The molecule has 4 heteroatoms. The summed E-state index contributed by atoms with van der Waals surface area (Å²) in [5.74, 6) is 7.84. The predicted molar refractivity (Wildman–Crippen MR) is 111 cm³/mol. The summed E-state index contributed by atoms with van der Waals surface area (Å²) in [4.78, 5) is 25.8. The number of carbonyl (C=O) groups excluding carboxylic acids is 2. The van der Waals surface area contributed by atoms with E-state index in [1.54, 1.807) is 6.92 Å². The second-order valence-corrected chi connectivity index (χ2v) is 10.9. The van der Waals surface area contributed by atoms with E-state index in [9.17, 15) is 14.7 Å². The number of hydrogen-bond donors (Lipinski definition) is 2. The molecule has 4 aliphatic carbocycles. The van der Waals surface area contributed by atoms with Gasteiger partial charge in [0.25, 0.3) is 0 Å². The fourth-order valence-electron chi connectivity index (χ4n) is 8.12. The van der Waals surface area contributed by atoms with E-state index < -0.39 is 5.60 Å². The Kier molecular flexibility index (Phi) is 5.23. The average molecular weight is 401 g/mol. The second-order valence-electron chi connectivity index (χ2n) is 10.9. The lowest BCUT2D eigenvalue weighted by molar-refractivity contribution is -0.165. The van der Waals surface area contributed by atoms with E-state index in [0.717, 1.165) is 32.1 Å². The molecule has 0 bridgehead atoms. The van der Waals surface area contributed by atoms with Gasteiger partial charge >= 0.3 is 0 Å². The number of ketones is 2. The van der Waals surface area contributed by atoms with Crippen molar-refractivity contribution in [1.82, 2.24) is 0 Å². The number of Topliss-reactive ketones (excluding diaryl/α,β-unsaturated/α-hetero) is 2. The Bertz CT molecular complexity index is 763. The lowest BCUT2D eigenvalue weighted by Gasteiger charge is -2.60. The highest BCUT2D eigenvalue weighted by molar-refractivity contribution is 5.87. The van der Waals surface area contributed by atoms with Crippen LogP contribution in [0.15, 0.2) is 0 Å². The normalized spacial score (nSPS) is 48.7. The van der Waals surface area contributed by atoms with Crippen molar-refractivity contribution < 1.29 is 19.8 Å². The molecule has 8 atom stereocenters. The van der Waals surface area contributed by atoms with Crippen LogP contribution in [0.4, 0.5) is 0 Å². The van der Waals surface area contributed by atoms with E-state index >= 15 is 0 Å². The van der Waals surface area contributed by atoms with Crippen LogP contribution >= 0.6 is 0 Å². The molecule has 4 nitrogen and oxygen atoms in total. The van der Waals surface area contributed by atoms with Crippen LogP contribution in [0.5, 0.6) is 0 Å². The first-order chi connectivity index (χ1) is 13.6.